The Morgan fingerprint density at radius 1 is 0.909 bits per heavy atom. The van der Waals surface area contributed by atoms with Gasteiger partial charge in [0.05, 0.1) is 0 Å². The normalized spacial score (nSPS) is 11.7. The number of ketones is 1. The smallest absolute Gasteiger partial charge is 0.242 e. The van der Waals surface area contributed by atoms with Gasteiger partial charge in [-0.05, 0) is 56.2 Å². The summed E-state index contributed by atoms with van der Waals surface area (Å²) in [5.41, 5.74) is 4.04. The largest absolute Gasteiger partial charge is 0.325 e. The molecule has 166 valence electrons. The third-order valence-corrected chi connectivity index (χ3v) is 6.35. The second kappa shape index (κ2) is 9.83. The summed E-state index contributed by atoms with van der Waals surface area (Å²) < 4.78 is 1.96. The summed E-state index contributed by atoms with van der Waals surface area (Å²) in [4.78, 5) is 25.2. The molecule has 0 bridgehead atoms. The van der Waals surface area contributed by atoms with Gasteiger partial charge in [0.15, 0.2) is 10.9 Å². The monoisotopic (exact) mass is 456 g/mol. The summed E-state index contributed by atoms with van der Waals surface area (Å²) in [6.07, 6.45) is 0. The molecule has 6 nitrogen and oxygen atoms in total. The Morgan fingerprint density at radius 3 is 2.39 bits per heavy atom. The number of thioether (sulfide) groups is 1. The van der Waals surface area contributed by atoms with Gasteiger partial charge in [0.1, 0.15) is 11.1 Å². The quantitative estimate of drug-likeness (QED) is 0.291. The Morgan fingerprint density at radius 2 is 1.67 bits per heavy atom. The molecule has 0 spiro atoms. The molecule has 4 rings (SSSR count). The minimum Gasteiger partial charge on any atom is -0.325 e. The predicted molar refractivity (Wildman–Crippen MR) is 131 cm³/mol. The zero-order valence-corrected chi connectivity index (χ0v) is 19.5. The highest BCUT2D eigenvalue weighted by Gasteiger charge is 2.26. The van der Waals surface area contributed by atoms with E-state index in [0.717, 1.165) is 22.6 Å². The summed E-state index contributed by atoms with van der Waals surface area (Å²) in [6.45, 7) is 5.43. The van der Waals surface area contributed by atoms with E-state index in [0.29, 0.717) is 16.4 Å². The number of Topliss-reactive ketones (excluding diaryl/α,β-unsaturated/α-hetero) is 1. The molecule has 0 aliphatic rings. The van der Waals surface area contributed by atoms with Crippen LogP contribution >= 0.6 is 11.8 Å². The number of nitrogens with zero attached hydrogens (tertiary/aromatic N) is 3. The van der Waals surface area contributed by atoms with Crippen LogP contribution in [0.1, 0.15) is 39.5 Å². The first-order valence-corrected chi connectivity index (χ1v) is 11.4. The van der Waals surface area contributed by atoms with Crippen molar-refractivity contribution in [2.45, 2.75) is 31.2 Å². The average molecular weight is 457 g/mol. The van der Waals surface area contributed by atoms with Crippen LogP contribution in [-0.2, 0) is 4.79 Å². The highest BCUT2D eigenvalue weighted by molar-refractivity contribution is 8.00. The van der Waals surface area contributed by atoms with Crippen LogP contribution in [0.15, 0.2) is 84.0 Å². The zero-order chi connectivity index (χ0) is 23.4. The minimum absolute atomic E-state index is 0.0539. The molecule has 1 amide bonds. The molecule has 33 heavy (non-hydrogen) atoms. The maximum absolute atomic E-state index is 13.4. The van der Waals surface area contributed by atoms with Crippen LogP contribution in [-0.4, -0.2) is 26.5 Å². The molecule has 1 unspecified atom stereocenters. The van der Waals surface area contributed by atoms with E-state index in [2.05, 4.69) is 21.6 Å². The number of hydrogen-bond acceptors (Lipinski definition) is 5. The number of aromatic nitrogens is 3. The van der Waals surface area contributed by atoms with E-state index in [1.165, 1.54) is 18.7 Å². The molecule has 0 radical (unpaired) electrons. The van der Waals surface area contributed by atoms with Crippen LogP contribution < -0.4 is 5.32 Å². The van der Waals surface area contributed by atoms with Crippen molar-refractivity contribution >= 4 is 29.1 Å². The number of benzene rings is 3. The third-order valence-electron chi connectivity index (χ3n) is 5.16. The van der Waals surface area contributed by atoms with E-state index in [1.807, 2.05) is 66.9 Å². The molecule has 3 aromatic carbocycles. The predicted octanol–water partition coefficient (Wildman–Crippen LogP) is 5.56. The fraction of sp³-hybridized carbons (Fsp3) is 0.154. The number of carbonyl (C=O) groups excluding carboxylic acids is 2. The number of hydrogen-bond donors (Lipinski definition) is 1. The standard InChI is InChI=1S/C26H24N4O2S/c1-17-9-7-14-23(15-17)30-19(3)28-29-26(30)33-24(20-10-5-4-6-11-20)25(32)27-22-13-8-12-21(16-22)18(2)31/h4-16,24H,1-3H3,(H,27,32). The van der Waals surface area contributed by atoms with Crippen LogP contribution in [0.25, 0.3) is 5.69 Å². The summed E-state index contributed by atoms with van der Waals surface area (Å²) in [5.74, 6) is 0.481. The molecular formula is C26H24N4O2S. The Hall–Kier alpha value is -3.71. The van der Waals surface area contributed by atoms with Gasteiger partial charge < -0.3 is 5.32 Å². The molecule has 0 saturated carbocycles. The fourth-order valence-electron chi connectivity index (χ4n) is 3.51. The van der Waals surface area contributed by atoms with Crippen LogP contribution in [0.2, 0.25) is 0 Å². The van der Waals surface area contributed by atoms with Crippen molar-refractivity contribution in [2.75, 3.05) is 5.32 Å². The Balaban J connectivity index is 1.68. The lowest BCUT2D eigenvalue weighted by atomic mass is 10.1. The van der Waals surface area contributed by atoms with Crippen LogP contribution in [0.4, 0.5) is 5.69 Å². The molecule has 1 N–H and O–H groups in total. The minimum atomic E-state index is -0.570. The Labute approximate surface area is 197 Å². The molecule has 0 aliphatic heterocycles. The Bertz CT molecular complexity index is 1300. The lowest BCUT2D eigenvalue weighted by molar-refractivity contribution is -0.115. The van der Waals surface area contributed by atoms with Gasteiger partial charge in [-0.25, -0.2) is 0 Å². The molecule has 1 heterocycles. The van der Waals surface area contributed by atoms with Crippen molar-refractivity contribution in [3.05, 3.63) is 101 Å². The maximum Gasteiger partial charge on any atom is 0.242 e. The average Bonchev–Trinajstić information content (AvgIpc) is 3.18. The zero-order valence-electron chi connectivity index (χ0n) is 18.6. The van der Waals surface area contributed by atoms with E-state index in [9.17, 15) is 9.59 Å². The fourth-order valence-corrected chi connectivity index (χ4v) is 4.61. The van der Waals surface area contributed by atoms with Gasteiger partial charge in [-0.3, -0.25) is 14.2 Å². The first-order valence-electron chi connectivity index (χ1n) is 10.5. The van der Waals surface area contributed by atoms with Crippen molar-refractivity contribution in [1.82, 2.24) is 14.8 Å². The molecule has 7 heteroatoms. The van der Waals surface area contributed by atoms with Crippen LogP contribution in [0.3, 0.4) is 0 Å². The third kappa shape index (κ3) is 5.21. The SMILES string of the molecule is CC(=O)c1cccc(NC(=O)C(Sc2nnc(C)n2-c2cccc(C)c2)c2ccccc2)c1. The molecule has 0 aliphatic carbocycles. The van der Waals surface area contributed by atoms with Crippen molar-refractivity contribution in [2.24, 2.45) is 0 Å². The van der Waals surface area contributed by atoms with E-state index < -0.39 is 5.25 Å². The van der Waals surface area contributed by atoms with Gasteiger partial charge in [-0.1, -0.05) is 66.4 Å². The van der Waals surface area contributed by atoms with Crippen molar-refractivity contribution in [3.8, 4) is 5.69 Å². The number of nitrogens with one attached hydrogen (secondary N) is 1. The van der Waals surface area contributed by atoms with E-state index in [1.54, 1.807) is 24.3 Å². The summed E-state index contributed by atoms with van der Waals surface area (Å²) in [5, 5.41) is 11.6. The summed E-state index contributed by atoms with van der Waals surface area (Å²) >= 11 is 1.34. The molecule has 0 saturated heterocycles. The summed E-state index contributed by atoms with van der Waals surface area (Å²) in [7, 11) is 0. The second-order valence-corrected chi connectivity index (χ2v) is 8.81. The van der Waals surface area contributed by atoms with Gasteiger partial charge in [0.2, 0.25) is 5.91 Å². The van der Waals surface area contributed by atoms with Gasteiger partial charge in [-0.15, -0.1) is 10.2 Å². The lowest BCUT2D eigenvalue weighted by Crippen LogP contribution is -2.19. The highest BCUT2D eigenvalue weighted by atomic mass is 32.2. The van der Waals surface area contributed by atoms with Crippen LogP contribution in [0.5, 0.6) is 0 Å². The number of carbonyl (C=O) groups is 2. The topological polar surface area (TPSA) is 76.9 Å². The first kappa shape index (κ1) is 22.5. The highest BCUT2D eigenvalue weighted by Crippen LogP contribution is 2.36. The van der Waals surface area contributed by atoms with Crippen molar-refractivity contribution < 1.29 is 9.59 Å². The van der Waals surface area contributed by atoms with E-state index in [-0.39, 0.29) is 11.7 Å². The number of aryl methyl sites for hydroxylation is 2. The first-order chi connectivity index (χ1) is 15.9. The molecule has 0 fully saturated rings. The van der Waals surface area contributed by atoms with Gasteiger partial charge >= 0.3 is 0 Å². The van der Waals surface area contributed by atoms with Gasteiger partial charge in [-0.2, -0.15) is 0 Å². The van der Waals surface area contributed by atoms with Crippen LogP contribution in [0, 0.1) is 13.8 Å². The van der Waals surface area contributed by atoms with Crippen molar-refractivity contribution in [3.63, 3.8) is 0 Å². The number of rotatable bonds is 7. The van der Waals surface area contributed by atoms with E-state index >= 15 is 0 Å². The summed E-state index contributed by atoms with van der Waals surface area (Å²) in [6, 6.07) is 24.6. The van der Waals surface area contributed by atoms with Gasteiger partial charge in [0.25, 0.3) is 0 Å². The lowest BCUT2D eigenvalue weighted by Gasteiger charge is -2.18. The Kier molecular flexibility index (Phi) is 6.70. The molecule has 1 aromatic heterocycles. The molecular weight excluding hydrogens is 432 g/mol. The molecule has 1 atom stereocenters. The number of anilines is 1. The van der Waals surface area contributed by atoms with E-state index in [4.69, 9.17) is 0 Å². The second-order valence-electron chi connectivity index (χ2n) is 7.74. The van der Waals surface area contributed by atoms with Gasteiger partial charge in [0, 0.05) is 16.9 Å². The van der Waals surface area contributed by atoms with Crippen molar-refractivity contribution in [1.29, 1.82) is 0 Å². The molecule has 4 aromatic rings. The number of amides is 1. The maximum atomic E-state index is 13.4.